The number of nitrogens with zero attached hydrogens (tertiary/aromatic N) is 52. The normalized spacial score (nSPS) is 15.1. The smallest absolute Gasteiger partial charge is 0.183 e. The molecule has 0 aliphatic rings. The molecule has 0 saturated heterocycles. The van der Waals surface area contributed by atoms with E-state index in [9.17, 15) is 0 Å². The number of hydrogen-bond acceptors (Lipinski definition) is 3. The molecule has 0 atom stereocenters. The zero-order chi connectivity index (χ0) is 38.8. The molecule has 0 fully saturated rings. The molecule has 54 heavy (non-hydrogen) atoms. The standard InChI is InChI=1S/CHN53/c2-1-4-6-8-10-12-14-16-18-20-22-24-26-28-30-32-34-36-38-40-42-44-46-48-50-52-54-53-51-49-47-45-43-41-39-37-35-33-31-29-27-25-23-21-19-17-15-13-11-9-7-5-3/h3H/b5-3?,6-4?,9-7+,10-8+,13-11+,14-12+,17-15+,18-16+,21-19+,22-20+,25-23+,26-24+,29-27+,30-28+,33-31+,34-32+,37-35+,38-36+,41-39+,42-40+,45-43+,46-44+,49-47+,50-48+,53-51+,54-52+. The fraction of sp³-hybridized carbons (Fsp3) is 0. The third kappa shape index (κ3) is 41.1. The molecule has 0 spiro atoms. The summed E-state index contributed by atoms with van der Waals surface area (Å²) in [5, 5.41) is 159. The summed E-state index contributed by atoms with van der Waals surface area (Å²) in [4.78, 5) is 0. The fourth-order valence-electron chi connectivity index (χ4n) is 0.901. The first kappa shape index (κ1) is 43.1. The van der Waals surface area contributed by atoms with Gasteiger partial charge in [-0.2, -0.15) is 10.8 Å². The van der Waals surface area contributed by atoms with Crippen LogP contribution in [0.3, 0.4) is 0 Å². The second-order valence-electron chi connectivity index (χ2n) is 4.68. The van der Waals surface area contributed by atoms with Gasteiger partial charge in [-0.3, -0.25) is 0 Å². The molecule has 0 rings (SSSR count). The lowest BCUT2D eigenvalue weighted by atomic mass is 11.5. The van der Waals surface area contributed by atoms with Crippen molar-refractivity contribution in [1.82, 2.24) is 0 Å². The Labute approximate surface area is 284 Å². The first-order chi connectivity index (χ1) is 26.9. The van der Waals surface area contributed by atoms with Crippen molar-refractivity contribution in [2.24, 2.45) is 266 Å². The predicted octanol–water partition coefficient (Wildman–Crippen LogP) is 9.68. The van der Waals surface area contributed by atoms with Gasteiger partial charge in [0.05, 0.1) is 0 Å². The van der Waals surface area contributed by atoms with Gasteiger partial charge in [0.15, 0.2) is 0 Å². The Balaban J connectivity index is 4.06. The maximum absolute atomic E-state index is 8.00. The largest absolute Gasteiger partial charge is 0.227 e. The van der Waals surface area contributed by atoms with E-state index in [0.717, 1.165) is 0 Å². The van der Waals surface area contributed by atoms with Crippen LogP contribution < -0.4 is 0 Å². The van der Waals surface area contributed by atoms with E-state index in [1.165, 1.54) is 6.19 Å². The van der Waals surface area contributed by atoms with Gasteiger partial charge < -0.3 is 0 Å². The molecule has 0 bridgehead atoms. The molecular weight excluding hydrogens is 754 g/mol. The average molecular weight is 755 g/mol. The zero-order valence-corrected chi connectivity index (χ0v) is 24.3. The average Bonchev–Trinajstić information content (AvgIpc) is 3.18. The number of nitrogens with one attached hydrogen (secondary N) is 1. The van der Waals surface area contributed by atoms with Crippen molar-refractivity contribution in [3.05, 3.63) is 0 Å². The molecule has 0 unspecified atom stereocenters. The third-order valence-corrected chi connectivity index (χ3v) is 2.05. The van der Waals surface area contributed by atoms with Crippen molar-refractivity contribution in [1.29, 1.82) is 10.8 Å². The van der Waals surface area contributed by atoms with Crippen molar-refractivity contribution < 1.29 is 0 Å². The lowest BCUT2D eigenvalue weighted by Crippen LogP contribution is -1.52. The van der Waals surface area contributed by atoms with Gasteiger partial charge in [-0.25, -0.2) is 0 Å². The van der Waals surface area contributed by atoms with E-state index >= 15 is 0 Å². The van der Waals surface area contributed by atoms with Gasteiger partial charge in [0.1, 0.15) is 0 Å². The highest BCUT2D eigenvalue weighted by Gasteiger charge is 1.75. The zero-order valence-electron chi connectivity index (χ0n) is 24.3. The summed E-state index contributed by atoms with van der Waals surface area (Å²) >= 11 is 0. The van der Waals surface area contributed by atoms with E-state index < -0.39 is 0 Å². The predicted molar refractivity (Wildman–Crippen MR) is 132 cm³/mol. The van der Waals surface area contributed by atoms with Crippen LogP contribution in [0, 0.1) is 17.0 Å². The number of rotatable bonds is 25. The minimum atomic E-state index is 1.31. The van der Waals surface area contributed by atoms with Crippen molar-refractivity contribution in [2.45, 2.75) is 0 Å². The SMILES string of the molecule is N#CN=N/N=N/N=N/N=N/N=N/N=N/N=N/N=N/N=N/N=N/N=N/N=N/N=N/N=N/N=N/N=N/N=N/N=N/N=N/N=N/N=N/N=N/N=N/N=N/N=N/N=N. The summed E-state index contributed by atoms with van der Waals surface area (Å²) < 4.78 is 0. The van der Waals surface area contributed by atoms with E-state index in [4.69, 9.17) is 10.8 Å². The Bertz CT molecular complexity index is 1790. The van der Waals surface area contributed by atoms with E-state index in [1.54, 1.807) is 0 Å². The highest BCUT2D eigenvalue weighted by atomic mass is 15.8. The topological polar surface area (TPSA) is 678 Å². The highest BCUT2D eigenvalue weighted by molar-refractivity contribution is 4.56. The fourth-order valence-corrected chi connectivity index (χ4v) is 0.901. The van der Waals surface area contributed by atoms with Crippen molar-refractivity contribution in [3.63, 3.8) is 0 Å². The molecule has 270 valence electrons. The minimum absolute atomic E-state index is 1.31. The van der Waals surface area contributed by atoms with Crippen LogP contribution >= 0.6 is 0 Å². The van der Waals surface area contributed by atoms with Crippen molar-refractivity contribution in [3.8, 4) is 6.19 Å². The number of hydrogen-bond donors (Lipinski definition) is 1. The Hall–Kier alpha value is -10.9. The summed E-state index contributed by atoms with van der Waals surface area (Å²) in [6, 6.07) is 0. The van der Waals surface area contributed by atoms with Gasteiger partial charge in [-0.15, -0.1) is 0 Å². The van der Waals surface area contributed by atoms with Crippen LogP contribution in [-0.4, -0.2) is 0 Å². The minimum Gasteiger partial charge on any atom is -0.183 e. The maximum Gasteiger partial charge on any atom is 0.227 e. The Kier molecular flexibility index (Phi) is 33.6. The monoisotopic (exact) mass is 755 g/mol. The highest BCUT2D eigenvalue weighted by Crippen LogP contribution is 1.93. The maximum atomic E-state index is 8.00. The molecule has 1 N–H and O–H groups in total. The lowest BCUT2D eigenvalue weighted by Gasteiger charge is -1.70. The van der Waals surface area contributed by atoms with Gasteiger partial charge in [0.2, 0.25) is 6.19 Å². The van der Waals surface area contributed by atoms with Crippen LogP contribution in [0.1, 0.15) is 0 Å². The first-order valence-corrected chi connectivity index (χ1v) is 10.7. The van der Waals surface area contributed by atoms with E-state index in [0.29, 0.717) is 0 Å². The van der Waals surface area contributed by atoms with E-state index in [2.05, 4.69) is 266 Å². The third-order valence-electron chi connectivity index (χ3n) is 2.05. The molecule has 53 nitrogen and oxygen atoms in total. The molecule has 0 radical (unpaired) electrons. The second-order valence-corrected chi connectivity index (χ2v) is 4.68. The second kappa shape index (κ2) is 42.1. The van der Waals surface area contributed by atoms with Crippen LogP contribution in [0.5, 0.6) is 0 Å². The first-order valence-electron chi connectivity index (χ1n) is 10.7. The van der Waals surface area contributed by atoms with E-state index in [-0.39, 0.29) is 0 Å². The summed E-state index contributed by atoms with van der Waals surface area (Å²) in [7, 11) is 0. The Morgan fingerprint density at radius 3 is 0.407 bits per heavy atom. The van der Waals surface area contributed by atoms with Crippen LogP contribution in [0.4, 0.5) is 0 Å². The molecule has 0 heterocycles. The molecule has 53 heteroatoms. The van der Waals surface area contributed by atoms with Gasteiger partial charge in [-0.1, -0.05) is 0 Å². The van der Waals surface area contributed by atoms with Crippen molar-refractivity contribution in [2.75, 3.05) is 0 Å². The molecule has 0 aromatic heterocycles. The summed E-state index contributed by atoms with van der Waals surface area (Å²) in [6.07, 6.45) is 1.31. The molecule has 0 amide bonds. The van der Waals surface area contributed by atoms with Gasteiger partial charge in [-0.05, 0) is 88.7 Å². The summed E-state index contributed by atoms with van der Waals surface area (Å²) in [6.45, 7) is 0. The molecule has 0 aromatic carbocycles. The van der Waals surface area contributed by atoms with Gasteiger partial charge >= 0.3 is 0 Å². The Morgan fingerprint density at radius 1 is 0.185 bits per heavy atom. The number of nitriles is 1. The van der Waals surface area contributed by atoms with Crippen LogP contribution in [-0.2, 0) is 0 Å². The quantitative estimate of drug-likeness (QED) is 0.0530. The van der Waals surface area contributed by atoms with Crippen LogP contribution in [0.2, 0.25) is 0 Å². The van der Waals surface area contributed by atoms with Gasteiger partial charge in [0, 0.05) is 178 Å². The molecular formula is CHN53. The van der Waals surface area contributed by atoms with Crippen LogP contribution in [0.15, 0.2) is 266 Å². The molecule has 0 aromatic rings. The van der Waals surface area contributed by atoms with Crippen LogP contribution in [0.25, 0.3) is 0 Å². The van der Waals surface area contributed by atoms with Crippen molar-refractivity contribution >= 4 is 0 Å². The van der Waals surface area contributed by atoms with E-state index in [1.807, 2.05) is 0 Å². The summed E-state index contributed by atoms with van der Waals surface area (Å²) in [5.41, 5.74) is 6.25. The Morgan fingerprint density at radius 2 is 0.296 bits per heavy atom. The molecule has 0 aliphatic carbocycles. The lowest BCUT2D eigenvalue weighted by molar-refractivity contribution is 0.725. The molecule has 0 aliphatic heterocycles. The van der Waals surface area contributed by atoms with Gasteiger partial charge in [0.25, 0.3) is 0 Å². The summed E-state index contributed by atoms with van der Waals surface area (Å²) in [5.74, 6) is 0. The molecule has 0 saturated carbocycles.